The largest absolute Gasteiger partial charge is 0.325 e. The number of carbonyl (C=O) groups is 2. The van der Waals surface area contributed by atoms with Gasteiger partial charge in [-0.15, -0.1) is 0 Å². The molecule has 0 saturated carbocycles. The highest BCUT2D eigenvalue weighted by atomic mass is 35.5. The molecule has 2 N–H and O–H groups in total. The Kier molecular flexibility index (Phi) is 6.69. The van der Waals surface area contributed by atoms with Gasteiger partial charge < -0.3 is 10.6 Å². The first kappa shape index (κ1) is 21.0. The fourth-order valence-corrected chi connectivity index (χ4v) is 3.09. The van der Waals surface area contributed by atoms with Crippen LogP contribution in [0.5, 0.6) is 0 Å². The van der Waals surface area contributed by atoms with E-state index in [9.17, 15) is 9.59 Å². The summed E-state index contributed by atoms with van der Waals surface area (Å²) in [5.41, 5.74) is 2.02. The molecule has 0 aliphatic carbocycles. The Bertz CT molecular complexity index is 1050. The first-order valence-corrected chi connectivity index (χ1v) is 9.70. The van der Waals surface area contributed by atoms with Gasteiger partial charge in [0.15, 0.2) is 0 Å². The van der Waals surface area contributed by atoms with Gasteiger partial charge in [0.2, 0.25) is 11.8 Å². The fourth-order valence-electron chi connectivity index (χ4n) is 2.79. The zero-order valence-corrected chi connectivity index (χ0v) is 17.5. The van der Waals surface area contributed by atoms with Gasteiger partial charge in [-0.1, -0.05) is 29.3 Å². The molecule has 0 spiro atoms. The number of hydrogen-bond acceptors (Lipinski definition) is 4. The molecular weight excluding hydrogens is 411 g/mol. The summed E-state index contributed by atoms with van der Waals surface area (Å²) in [6.45, 7) is 1.77. The Balaban J connectivity index is 1.61. The number of carbonyl (C=O) groups excluding carboxylic acids is 2. The van der Waals surface area contributed by atoms with Gasteiger partial charge in [0, 0.05) is 17.3 Å². The Morgan fingerprint density at radius 1 is 1.07 bits per heavy atom. The summed E-state index contributed by atoms with van der Waals surface area (Å²) < 4.78 is 0. The van der Waals surface area contributed by atoms with Crippen molar-refractivity contribution in [3.63, 3.8) is 0 Å². The highest BCUT2D eigenvalue weighted by Crippen LogP contribution is 2.25. The molecule has 0 aliphatic rings. The molecule has 6 nitrogen and oxygen atoms in total. The van der Waals surface area contributed by atoms with Crippen molar-refractivity contribution in [3.8, 4) is 0 Å². The molecule has 150 valence electrons. The summed E-state index contributed by atoms with van der Waals surface area (Å²) in [6, 6.07) is 13.6. The quantitative estimate of drug-likeness (QED) is 0.605. The average Bonchev–Trinajstić information content (AvgIpc) is 2.70. The SMILES string of the molecule is C[C@@H](C(=O)Nc1cccc2ncccc12)N(C)CC(=O)Nc1ccc(Cl)c(Cl)c1. The lowest BCUT2D eigenvalue weighted by Gasteiger charge is -2.23. The van der Waals surface area contributed by atoms with E-state index in [2.05, 4.69) is 15.6 Å². The van der Waals surface area contributed by atoms with Crippen LogP contribution in [-0.4, -0.2) is 41.3 Å². The number of nitrogens with zero attached hydrogens (tertiary/aromatic N) is 2. The molecule has 3 rings (SSSR count). The first-order valence-electron chi connectivity index (χ1n) is 8.95. The highest BCUT2D eigenvalue weighted by molar-refractivity contribution is 6.42. The summed E-state index contributed by atoms with van der Waals surface area (Å²) in [5.74, 6) is -0.480. The zero-order valence-electron chi connectivity index (χ0n) is 15.9. The summed E-state index contributed by atoms with van der Waals surface area (Å²) in [4.78, 5) is 30.9. The summed E-state index contributed by atoms with van der Waals surface area (Å²) >= 11 is 11.8. The Hall–Kier alpha value is -2.67. The fraction of sp³-hybridized carbons (Fsp3) is 0.190. The lowest BCUT2D eigenvalue weighted by atomic mass is 10.1. The minimum atomic E-state index is -0.526. The third-order valence-electron chi connectivity index (χ3n) is 4.54. The van der Waals surface area contributed by atoms with Crippen LogP contribution in [0.15, 0.2) is 54.7 Å². The number of halogens is 2. The number of rotatable bonds is 6. The van der Waals surface area contributed by atoms with Gasteiger partial charge in [0.25, 0.3) is 0 Å². The molecular formula is C21H20Cl2N4O2. The van der Waals surface area contributed by atoms with Gasteiger partial charge in [-0.25, -0.2) is 0 Å². The predicted octanol–water partition coefficient (Wildman–Crippen LogP) is 4.44. The number of anilines is 2. The van der Waals surface area contributed by atoms with Crippen LogP contribution in [0.2, 0.25) is 10.0 Å². The number of aromatic nitrogens is 1. The monoisotopic (exact) mass is 430 g/mol. The molecule has 3 aromatic rings. The van der Waals surface area contributed by atoms with Gasteiger partial charge in [-0.3, -0.25) is 19.5 Å². The molecule has 29 heavy (non-hydrogen) atoms. The van der Waals surface area contributed by atoms with Crippen LogP contribution in [0, 0.1) is 0 Å². The minimum Gasteiger partial charge on any atom is -0.325 e. The molecule has 0 saturated heterocycles. The first-order chi connectivity index (χ1) is 13.8. The smallest absolute Gasteiger partial charge is 0.241 e. The topological polar surface area (TPSA) is 74.3 Å². The predicted molar refractivity (Wildman–Crippen MR) is 118 cm³/mol. The second-order valence-corrected chi connectivity index (χ2v) is 7.45. The molecule has 1 atom stereocenters. The molecule has 0 bridgehead atoms. The van der Waals surface area contributed by atoms with E-state index in [0.717, 1.165) is 10.9 Å². The van der Waals surface area contributed by atoms with Crippen molar-refractivity contribution in [1.82, 2.24) is 9.88 Å². The van der Waals surface area contributed by atoms with Crippen molar-refractivity contribution in [3.05, 3.63) is 64.8 Å². The van der Waals surface area contributed by atoms with E-state index >= 15 is 0 Å². The number of nitrogens with one attached hydrogen (secondary N) is 2. The minimum absolute atomic E-state index is 0.0337. The Morgan fingerprint density at radius 2 is 1.86 bits per heavy atom. The van der Waals surface area contributed by atoms with E-state index in [1.807, 2.05) is 30.3 Å². The van der Waals surface area contributed by atoms with Crippen LogP contribution in [0.1, 0.15) is 6.92 Å². The number of fused-ring (bicyclic) bond motifs is 1. The summed E-state index contributed by atoms with van der Waals surface area (Å²) in [6.07, 6.45) is 1.71. The third kappa shape index (κ3) is 5.23. The second-order valence-electron chi connectivity index (χ2n) is 6.63. The van der Waals surface area contributed by atoms with E-state index in [1.54, 1.807) is 43.3 Å². The van der Waals surface area contributed by atoms with Crippen molar-refractivity contribution in [2.24, 2.45) is 0 Å². The van der Waals surface area contributed by atoms with Crippen molar-refractivity contribution in [2.75, 3.05) is 24.2 Å². The molecule has 2 aromatic carbocycles. The lowest BCUT2D eigenvalue weighted by Crippen LogP contribution is -2.43. The average molecular weight is 431 g/mol. The van der Waals surface area contributed by atoms with E-state index in [0.29, 0.717) is 21.4 Å². The summed E-state index contributed by atoms with van der Waals surface area (Å²) in [5, 5.41) is 7.29. The molecule has 0 unspecified atom stereocenters. The van der Waals surface area contributed by atoms with E-state index in [4.69, 9.17) is 23.2 Å². The molecule has 1 heterocycles. The van der Waals surface area contributed by atoms with Gasteiger partial charge in [-0.05, 0) is 56.4 Å². The van der Waals surface area contributed by atoms with E-state index in [-0.39, 0.29) is 18.4 Å². The molecule has 0 fully saturated rings. The lowest BCUT2D eigenvalue weighted by molar-refractivity contribution is -0.122. The van der Waals surface area contributed by atoms with Crippen LogP contribution in [0.3, 0.4) is 0 Å². The Morgan fingerprint density at radius 3 is 2.62 bits per heavy atom. The molecule has 2 amide bonds. The van der Waals surface area contributed by atoms with Crippen LogP contribution in [-0.2, 0) is 9.59 Å². The molecule has 0 aliphatic heterocycles. The molecule has 8 heteroatoms. The molecule has 0 radical (unpaired) electrons. The number of benzene rings is 2. The maximum Gasteiger partial charge on any atom is 0.241 e. The number of likely N-dealkylation sites (N-methyl/N-ethyl adjacent to an activating group) is 1. The van der Waals surface area contributed by atoms with Crippen molar-refractivity contribution < 1.29 is 9.59 Å². The van der Waals surface area contributed by atoms with Crippen molar-refractivity contribution in [2.45, 2.75) is 13.0 Å². The number of amides is 2. The molecule has 1 aromatic heterocycles. The standard InChI is InChI=1S/C21H20Cl2N4O2/c1-13(21(29)26-19-7-3-6-18-15(19)5-4-10-24-18)27(2)12-20(28)25-14-8-9-16(22)17(23)11-14/h3-11,13H,12H2,1-2H3,(H,25,28)(H,26,29)/t13-/m0/s1. The second kappa shape index (κ2) is 9.22. The normalized spacial score (nSPS) is 12.0. The van der Waals surface area contributed by atoms with Gasteiger partial charge >= 0.3 is 0 Å². The maximum atomic E-state index is 12.7. The van der Waals surface area contributed by atoms with Gasteiger partial charge in [-0.2, -0.15) is 0 Å². The van der Waals surface area contributed by atoms with E-state index in [1.165, 1.54) is 0 Å². The summed E-state index contributed by atoms with van der Waals surface area (Å²) in [7, 11) is 1.71. The highest BCUT2D eigenvalue weighted by Gasteiger charge is 2.21. The van der Waals surface area contributed by atoms with Gasteiger partial charge in [0.1, 0.15) is 0 Å². The van der Waals surface area contributed by atoms with Crippen molar-refractivity contribution >= 4 is 57.3 Å². The third-order valence-corrected chi connectivity index (χ3v) is 5.28. The van der Waals surface area contributed by atoms with Crippen LogP contribution < -0.4 is 10.6 Å². The van der Waals surface area contributed by atoms with Crippen molar-refractivity contribution in [1.29, 1.82) is 0 Å². The van der Waals surface area contributed by atoms with E-state index < -0.39 is 6.04 Å². The van der Waals surface area contributed by atoms with Gasteiger partial charge in [0.05, 0.1) is 33.8 Å². The van der Waals surface area contributed by atoms with Crippen LogP contribution >= 0.6 is 23.2 Å². The maximum absolute atomic E-state index is 12.7. The zero-order chi connectivity index (χ0) is 21.0. The number of pyridine rings is 1. The van der Waals surface area contributed by atoms with Crippen LogP contribution in [0.4, 0.5) is 11.4 Å². The van der Waals surface area contributed by atoms with Crippen LogP contribution in [0.25, 0.3) is 10.9 Å². The Labute approximate surface area is 178 Å². The number of hydrogen-bond donors (Lipinski definition) is 2.